The maximum absolute atomic E-state index is 12.9. The number of esters is 1. The summed E-state index contributed by atoms with van der Waals surface area (Å²) in [6, 6.07) is 15.8. The van der Waals surface area contributed by atoms with Crippen molar-refractivity contribution in [3.05, 3.63) is 77.6 Å². The van der Waals surface area contributed by atoms with E-state index in [1.165, 1.54) is 12.1 Å². The summed E-state index contributed by atoms with van der Waals surface area (Å²) in [4.78, 5) is 26.6. The molecule has 1 amide bonds. The number of allylic oxidation sites excluding steroid dienone is 1. The van der Waals surface area contributed by atoms with Crippen LogP contribution in [0.25, 0.3) is 6.08 Å². The highest BCUT2D eigenvalue weighted by Gasteiger charge is 2.18. The van der Waals surface area contributed by atoms with Gasteiger partial charge in [0.05, 0.1) is 12.5 Å². The second-order valence-electron chi connectivity index (χ2n) is 9.14. The van der Waals surface area contributed by atoms with E-state index in [1.807, 2.05) is 55.4 Å². The molecule has 6 heteroatoms. The zero-order valence-electron chi connectivity index (χ0n) is 21.0. The van der Waals surface area contributed by atoms with Crippen LogP contribution in [0.2, 0.25) is 0 Å². The predicted octanol–water partition coefficient (Wildman–Crippen LogP) is 5.75. The average molecular weight is 483 g/mol. The van der Waals surface area contributed by atoms with E-state index in [-0.39, 0.29) is 36.8 Å². The first-order chi connectivity index (χ1) is 16.9. The van der Waals surface area contributed by atoms with Crippen molar-refractivity contribution in [3.8, 4) is 0 Å². The molecule has 0 fully saturated rings. The maximum Gasteiger partial charge on any atom is 0.308 e. The SMILES string of the molecule is CN(C)C[C@@H](CC(=O)OCc1ccccc1)NC(=O)CCCCCCC/C=C/c1ccc(F)cc1. The summed E-state index contributed by atoms with van der Waals surface area (Å²) >= 11 is 0. The third kappa shape index (κ3) is 13.5. The number of halogens is 1. The highest BCUT2D eigenvalue weighted by atomic mass is 19.1. The molecule has 0 aliphatic carbocycles. The third-order valence-electron chi connectivity index (χ3n) is 5.56. The minimum atomic E-state index is -0.311. The van der Waals surface area contributed by atoms with Gasteiger partial charge in [-0.25, -0.2) is 4.39 Å². The number of rotatable bonds is 16. The first-order valence-corrected chi connectivity index (χ1v) is 12.5. The summed E-state index contributed by atoms with van der Waals surface area (Å²) in [7, 11) is 3.84. The number of ether oxygens (including phenoxy) is 1. The number of likely N-dealkylation sites (N-methyl/N-ethyl adjacent to an activating group) is 1. The topological polar surface area (TPSA) is 58.6 Å². The van der Waals surface area contributed by atoms with Gasteiger partial charge in [-0.3, -0.25) is 9.59 Å². The Morgan fingerprint density at radius 1 is 0.971 bits per heavy atom. The summed E-state index contributed by atoms with van der Waals surface area (Å²) in [5.74, 6) is -0.546. The van der Waals surface area contributed by atoms with E-state index in [1.54, 1.807) is 12.1 Å². The molecule has 0 unspecified atom stereocenters. The lowest BCUT2D eigenvalue weighted by atomic mass is 10.1. The van der Waals surface area contributed by atoms with Gasteiger partial charge in [0.1, 0.15) is 12.4 Å². The van der Waals surface area contributed by atoms with Crippen LogP contribution in [0.1, 0.15) is 62.5 Å². The van der Waals surface area contributed by atoms with Crippen LogP contribution in [0, 0.1) is 5.82 Å². The molecule has 0 aromatic heterocycles. The predicted molar refractivity (Wildman–Crippen MR) is 139 cm³/mol. The smallest absolute Gasteiger partial charge is 0.308 e. The number of nitrogens with one attached hydrogen (secondary N) is 1. The fourth-order valence-electron chi connectivity index (χ4n) is 3.77. The third-order valence-corrected chi connectivity index (χ3v) is 5.56. The van der Waals surface area contributed by atoms with Gasteiger partial charge in [-0.1, -0.05) is 73.9 Å². The molecule has 2 aromatic carbocycles. The van der Waals surface area contributed by atoms with Crippen molar-refractivity contribution in [1.82, 2.24) is 10.2 Å². The number of hydrogen-bond donors (Lipinski definition) is 1. The first-order valence-electron chi connectivity index (χ1n) is 12.5. The lowest BCUT2D eigenvalue weighted by molar-refractivity contribution is -0.145. The van der Waals surface area contributed by atoms with Crippen LogP contribution in [-0.2, 0) is 20.9 Å². The number of carbonyl (C=O) groups excluding carboxylic acids is 2. The van der Waals surface area contributed by atoms with Crippen LogP contribution in [0.5, 0.6) is 0 Å². The minimum Gasteiger partial charge on any atom is -0.461 e. The van der Waals surface area contributed by atoms with Crippen molar-refractivity contribution in [2.45, 2.75) is 64.0 Å². The highest BCUT2D eigenvalue weighted by molar-refractivity contribution is 5.77. The Morgan fingerprint density at radius 3 is 2.37 bits per heavy atom. The highest BCUT2D eigenvalue weighted by Crippen LogP contribution is 2.10. The monoisotopic (exact) mass is 482 g/mol. The molecule has 0 radical (unpaired) electrons. The first kappa shape index (κ1) is 28.2. The number of carbonyl (C=O) groups is 2. The van der Waals surface area contributed by atoms with Gasteiger partial charge in [0.15, 0.2) is 0 Å². The number of nitrogens with zero attached hydrogens (tertiary/aromatic N) is 1. The zero-order chi connectivity index (χ0) is 25.3. The van der Waals surface area contributed by atoms with Gasteiger partial charge in [-0.05, 0) is 56.6 Å². The summed E-state index contributed by atoms with van der Waals surface area (Å²) in [6.45, 7) is 0.821. The summed E-state index contributed by atoms with van der Waals surface area (Å²) in [5, 5.41) is 3.00. The normalized spacial score (nSPS) is 12.1. The summed E-state index contributed by atoms with van der Waals surface area (Å²) < 4.78 is 18.3. The van der Waals surface area contributed by atoms with Crippen LogP contribution in [0.15, 0.2) is 60.7 Å². The van der Waals surface area contributed by atoms with Crippen LogP contribution < -0.4 is 5.32 Å². The van der Waals surface area contributed by atoms with Gasteiger partial charge in [0.25, 0.3) is 0 Å². The van der Waals surface area contributed by atoms with E-state index in [0.717, 1.165) is 49.7 Å². The molecule has 0 saturated heterocycles. The quantitative estimate of drug-likeness (QED) is 0.245. The Labute approximate surface area is 209 Å². The van der Waals surface area contributed by atoms with E-state index in [0.29, 0.717) is 13.0 Å². The van der Waals surface area contributed by atoms with E-state index in [2.05, 4.69) is 11.4 Å². The minimum absolute atomic E-state index is 0.0186. The van der Waals surface area contributed by atoms with E-state index < -0.39 is 0 Å². The fourth-order valence-corrected chi connectivity index (χ4v) is 3.77. The maximum atomic E-state index is 12.9. The fraction of sp³-hybridized carbons (Fsp3) is 0.448. The molecule has 190 valence electrons. The second-order valence-corrected chi connectivity index (χ2v) is 9.14. The van der Waals surface area contributed by atoms with Gasteiger partial charge in [-0.15, -0.1) is 0 Å². The van der Waals surface area contributed by atoms with Crippen LogP contribution in [0.4, 0.5) is 4.39 Å². The number of amides is 1. The van der Waals surface area contributed by atoms with E-state index in [9.17, 15) is 14.0 Å². The lowest BCUT2D eigenvalue weighted by Gasteiger charge is -2.22. The van der Waals surface area contributed by atoms with Crippen LogP contribution in [0.3, 0.4) is 0 Å². The Balaban J connectivity index is 1.57. The summed E-state index contributed by atoms with van der Waals surface area (Å²) in [6.07, 6.45) is 10.9. The van der Waals surface area contributed by atoms with Crippen molar-refractivity contribution in [1.29, 1.82) is 0 Å². The molecule has 0 saturated carbocycles. The van der Waals surface area contributed by atoms with E-state index in [4.69, 9.17) is 4.74 Å². The molecule has 2 rings (SSSR count). The number of benzene rings is 2. The van der Waals surface area contributed by atoms with Gasteiger partial charge < -0.3 is 15.0 Å². The van der Waals surface area contributed by atoms with Crippen molar-refractivity contribution in [3.63, 3.8) is 0 Å². The van der Waals surface area contributed by atoms with Crippen molar-refractivity contribution < 1.29 is 18.7 Å². The molecule has 0 aliphatic heterocycles. The molecule has 35 heavy (non-hydrogen) atoms. The Kier molecular flexibility index (Phi) is 13.4. The Morgan fingerprint density at radius 2 is 1.66 bits per heavy atom. The zero-order valence-corrected chi connectivity index (χ0v) is 21.0. The number of hydrogen-bond acceptors (Lipinski definition) is 4. The van der Waals surface area contributed by atoms with Gasteiger partial charge in [0, 0.05) is 13.0 Å². The van der Waals surface area contributed by atoms with Gasteiger partial charge >= 0.3 is 5.97 Å². The number of unbranched alkanes of at least 4 members (excludes halogenated alkanes) is 5. The van der Waals surface area contributed by atoms with Crippen LogP contribution in [-0.4, -0.2) is 43.5 Å². The molecule has 1 atom stereocenters. The molecule has 0 aliphatic rings. The van der Waals surface area contributed by atoms with Crippen molar-refractivity contribution in [2.24, 2.45) is 0 Å². The van der Waals surface area contributed by atoms with Crippen molar-refractivity contribution in [2.75, 3.05) is 20.6 Å². The molecule has 0 spiro atoms. The molecule has 2 aromatic rings. The van der Waals surface area contributed by atoms with Gasteiger partial charge in [-0.2, -0.15) is 0 Å². The molecular formula is C29H39FN2O3. The van der Waals surface area contributed by atoms with Crippen LogP contribution >= 0.6 is 0 Å². The lowest BCUT2D eigenvalue weighted by Crippen LogP contribution is -2.43. The second kappa shape index (κ2) is 16.6. The summed E-state index contributed by atoms with van der Waals surface area (Å²) in [5.41, 5.74) is 1.95. The van der Waals surface area contributed by atoms with Crippen molar-refractivity contribution >= 4 is 18.0 Å². The molecule has 5 nitrogen and oxygen atoms in total. The average Bonchev–Trinajstić information content (AvgIpc) is 2.83. The largest absolute Gasteiger partial charge is 0.461 e. The molecule has 0 bridgehead atoms. The van der Waals surface area contributed by atoms with E-state index >= 15 is 0 Å². The molecular weight excluding hydrogens is 443 g/mol. The Bertz CT molecular complexity index is 898. The molecule has 1 N–H and O–H groups in total. The molecule has 0 heterocycles. The Hall–Kier alpha value is -2.99. The standard InChI is InChI=1S/C29H39FN2O3/c1-32(2)22-27(21-29(34)35-23-25-14-10-8-11-15-25)31-28(33)16-12-7-5-3-4-6-9-13-24-17-19-26(30)20-18-24/h8-11,13-15,17-20,27H,3-7,12,16,21-23H2,1-2H3,(H,31,33)/b13-9+/t27-/m1/s1. The van der Waals surface area contributed by atoms with Gasteiger partial charge in [0.2, 0.25) is 5.91 Å².